The van der Waals surface area contributed by atoms with Crippen LogP contribution in [0.4, 0.5) is 0 Å². The maximum atomic E-state index is 9.83. The van der Waals surface area contributed by atoms with E-state index in [1.807, 2.05) is 13.0 Å². The molecular formula is C12H18O4. The summed E-state index contributed by atoms with van der Waals surface area (Å²) < 4.78 is 10.3. The van der Waals surface area contributed by atoms with E-state index in [1.165, 1.54) is 0 Å². The molecule has 0 spiro atoms. The van der Waals surface area contributed by atoms with Gasteiger partial charge < -0.3 is 19.7 Å². The Morgan fingerprint density at radius 1 is 1.19 bits per heavy atom. The van der Waals surface area contributed by atoms with Crippen molar-refractivity contribution in [2.75, 3.05) is 20.8 Å². The lowest BCUT2D eigenvalue weighted by Crippen LogP contribution is -2.04. The molecule has 0 bridgehead atoms. The van der Waals surface area contributed by atoms with Gasteiger partial charge in [-0.05, 0) is 30.2 Å². The van der Waals surface area contributed by atoms with Crippen LogP contribution in [0.15, 0.2) is 12.1 Å². The van der Waals surface area contributed by atoms with E-state index in [0.29, 0.717) is 17.9 Å². The van der Waals surface area contributed by atoms with Crippen LogP contribution in [-0.2, 0) is 0 Å². The summed E-state index contributed by atoms with van der Waals surface area (Å²) in [6.07, 6.45) is -0.360. The Hall–Kier alpha value is -1.26. The maximum Gasteiger partial charge on any atom is 0.161 e. The molecule has 0 fully saturated rings. The second-order valence-electron chi connectivity index (χ2n) is 3.59. The second-order valence-corrected chi connectivity index (χ2v) is 3.59. The predicted molar refractivity (Wildman–Crippen MR) is 60.9 cm³/mol. The second kappa shape index (κ2) is 5.72. The van der Waals surface area contributed by atoms with Gasteiger partial charge in [0.2, 0.25) is 0 Å². The van der Waals surface area contributed by atoms with Crippen LogP contribution in [0.2, 0.25) is 0 Å². The summed E-state index contributed by atoms with van der Waals surface area (Å²) in [5.74, 6) is 1.22. The van der Waals surface area contributed by atoms with Gasteiger partial charge in [-0.1, -0.05) is 0 Å². The van der Waals surface area contributed by atoms with Crippen LogP contribution in [0.1, 0.15) is 23.7 Å². The molecular weight excluding hydrogens is 208 g/mol. The number of benzene rings is 1. The van der Waals surface area contributed by atoms with Crippen molar-refractivity contribution in [3.05, 3.63) is 23.3 Å². The Labute approximate surface area is 95.4 Å². The topological polar surface area (TPSA) is 58.9 Å². The highest BCUT2D eigenvalue weighted by molar-refractivity contribution is 5.47. The number of methoxy groups -OCH3 is 2. The van der Waals surface area contributed by atoms with E-state index in [9.17, 15) is 5.11 Å². The number of hydrogen-bond donors (Lipinski definition) is 2. The standard InChI is InChI=1S/C12H18O4/c1-8-6-11(15-2)12(16-3)7-9(8)10(14)4-5-13/h6-7,10,13-14H,4-5H2,1-3H3. The maximum absolute atomic E-state index is 9.83. The van der Waals surface area contributed by atoms with Gasteiger partial charge in [0, 0.05) is 13.0 Å². The molecule has 0 saturated heterocycles. The molecule has 90 valence electrons. The molecule has 4 nitrogen and oxygen atoms in total. The van der Waals surface area contributed by atoms with E-state index in [1.54, 1.807) is 20.3 Å². The van der Waals surface area contributed by atoms with Gasteiger partial charge in [0.25, 0.3) is 0 Å². The van der Waals surface area contributed by atoms with Gasteiger partial charge in [-0.15, -0.1) is 0 Å². The van der Waals surface area contributed by atoms with Crippen LogP contribution in [0, 0.1) is 6.92 Å². The Balaban J connectivity index is 3.10. The van der Waals surface area contributed by atoms with E-state index < -0.39 is 6.10 Å². The molecule has 0 aromatic heterocycles. The quantitative estimate of drug-likeness (QED) is 0.797. The zero-order chi connectivity index (χ0) is 12.1. The minimum atomic E-state index is -0.676. The predicted octanol–water partition coefficient (Wildman–Crippen LogP) is 1.43. The monoisotopic (exact) mass is 226 g/mol. The molecule has 0 aliphatic heterocycles. The van der Waals surface area contributed by atoms with Gasteiger partial charge in [-0.25, -0.2) is 0 Å². The Kier molecular flexibility index (Phi) is 4.58. The first-order valence-corrected chi connectivity index (χ1v) is 5.15. The molecule has 0 aliphatic carbocycles. The highest BCUT2D eigenvalue weighted by atomic mass is 16.5. The average molecular weight is 226 g/mol. The number of aliphatic hydroxyl groups excluding tert-OH is 2. The molecule has 1 atom stereocenters. The molecule has 0 aliphatic rings. The van der Waals surface area contributed by atoms with Crippen LogP contribution in [-0.4, -0.2) is 31.0 Å². The summed E-state index contributed by atoms with van der Waals surface area (Å²) >= 11 is 0. The van der Waals surface area contributed by atoms with Crippen LogP contribution in [0.5, 0.6) is 11.5 Å². The molecule has 1 aromatic rings. The molecule has 16 heavy (non-hydrogen) atoms. The van der Waals surface area contributed by atoms with Crippen molar-refractivity contribution in [3.8, 4) is 11.5 Å². The summed E-state index contributed by atoms with van der Waals surface area (Å²) in [6.45, 7) is 1.84. The summed E-state index contributed by atoms with van der Waals surface area (Å²) in [4.78, 5) is 0. The van der Waals surface area contributed by atoms with Crippen molar-refractivity contribution in [1.29, 1.82) is 0 Å². The van der Waals surface area contributed by atoms with Gasteiger partial charge in [0.1, 0.15) is 0 Å². The number of hydrogen-bond acceptors (Lipinski definition) is 4. The highest BCUT2D eigenvalue weighted by Crippen LogP contribution is 2.33. The first-order chi connectivity index (χ1) is 7.63. The normalized spacial score (nSPS) is 12.3. The fourth-order valence-electron chi connectivity index (χ4n) is 1.63. The molecule has 0 amide bonds. The lowest BCUT2D eigenvalue weighted by molar-refractivity contribution is 0.133. The van der Waals surface area contributed by atoms with Crippen molar-refractivity contribution < 1.29 is 19.7 Å². The molecule has 4 heteroatoms. The van der Waals surface area contributed by atoms with Crippen molar-refractivity contribution in [2.24, 2.45) is 0 Å². The molecule has 2 N–H and O–H groups in total. The van der Waals surface area contributed by atoms with Crippen LogP contribution in [0.25, 0.3) is 0 Å². The van der Waals surface area contributed by atoms with Gasteiger partial charge in [0.05, 0.1) is 20.3 Å². The molecule has 0 radical (unpaired) electrons. The summed E-state index contributed by atoms with van der Waals surface area (Å²) in [7, 11) is 3.12. The van der Waals surface area contributed by atoms with Gasteiger partial charge in [-0.2, -0.15) is 0 Å². The van der Waals surface area contributed by atoms with Crippen molar-refractivity contribution in [1.82, 2.24) is 0 Å². The summed E-state index contributed by atoms with van der Waals surface area (Å²) in [6, 6.07) is 3.56. The first-order valence-electron chi connectivity index (χ1n) is 5.15. The van der Waals surface area contributed by atoms with Crippen molar-refractivity contribution in [2.45, 2.75) is 19.4 Å². The number of aliphatic hydroxyl groups is 2. The van der Waals surface area contributed by atoms with Gasteiger partial charge in [0.15, 0.2) is 11.5 Å². The lowest BCUT2D eigenvalue weighted by atomic mass is 10.0. The Morgan fingerprint density at radius 3 is 2.25 bits per heavy atom. The average Bonchev–Trinajstić information content (AvgIpc) is 2.28. The van der Waals surface area contributed by atoms with Crippen LogP contribution < -0.4 is 9.47 Å². The van der Waals surface area contributed by atoms with Crippen molar-refractivity contribution >= 4 is 0 Å². The lowest BCUT2D eigenvalue weighted by Gasteiger charge is -2.16. The van der Waals surface area contributed by atoms with E-state index >= 15 is 0 Å². The Bertz CT molecular complexity index is 349. The molecule has 0 saturated carbocycles. The summed E-state index contributed by atoms with van der Waals surface area (Å²) in [5.41, 5.74) is 1.67. The minimum Gasteiger partial charge on any atom is -0.493 e. The highest BCUT2D eigenvalue weighted by Gasteiger charge is 2.14. The van der Waals surface area contributed by atoms with E-state index in [2.05, 4.69) is 0 Å². The van der Waals surface area contributed by atoms with E-state index in [-0.39, 0.29) is 6.61 Å². The largest absolute Gasteiger partial charge is 0.493 e. The Morgan fingerprint density at radius 2 is 1.75 bits per heavy atom. The number of ether oxygens (including phenoxy) is 2. The zero-order valence-electron chi connectivity index (χ0n) is 9.86. The smallest absolute Gasteiger partial charge is 0.161 e. The summed E-state index contributed by atoms with van der Waals surface area (Å²) in [5, 5.41) is 18.6. The molecule has 1 unspecified atom stereocenters. The SMILES string of the molecule is COc1cc(C)c(C(O)CCO)cc1OC. The first kappa shape index (κ1) is 12.8. The third kappa shape index (κ3) is 2.65. The fourth-order valence-corrected chi connectivity index (χ4v) is 1.63. The molecule has 1 aromatic carbocycles. The number of aryl methyl sites for hydroxylation is 1. The zero-order valence-corrected chi connectivity index (χ0v) is 9.86. The van der Waals surface area contributed by atoms with Crippen LogP contribution >= 0.6 is 0 Å². The van der Waals surface area contributed by atoms with E-state index in [4.69, 9.17) is 14.6 Å². The van der Waals surface area contributed by atoms with Crippen LogP contribution in [0.3, 0.4) is 0 Å². The number of rotatable bonds is 5. The van der Waals surface area contributed by atoms with Crippen molar-refractivity contribution in [3.63, 3.8) is 0 Å². The molecule has 1 rings (SSSR count). The van der Waals surface area contributed by atoms with Gasteiger partial charge >= 0.3 is 0 Å². The third-order valence-electron chi connectivity index (χ3n) is 2.53. The fraction of sp³-hybridized carbons (Fsp3) is 0.500. The van der Waals surface area contributed by atoms with E-state index in [0.717, 1.165) is 11.1 Å². The molecule has 0 heterocycles. The third-order valence-corrected chi connectivity index (χ3v) is 2.53. The van der Waals surface area contributed by atoms with Gasteiger partial charge in [-0.3, -0.25) is 0 Å². The minimum absolute atomic E-state index is 0.0467.